The molecule has 0 bridgehead atoms. The normalized spacial score (nSPS) is 14.9. The molecule has 1 saturated carbocycles. The van der Waals surface area contributed by atoms with E-state index in [9.17, 15) is 9.90 Å². The summed E-state index contributed by atoms with van der Waals surface area (Å²) in [6.45, 7) is 2.55. The van der Waals surface area contributed by atoms with Crippen LogP contribution in [0.15, 0.2) is 48.7 Å². The number of hydrogen-bond donors (Lipinski definition) is 2. The lowest BCUT2D eigenvalue weighted by Crippen LogP contribution is -2.30. The van der Waals surface area contributed by atoms with Crippen LogP contribution in [0, 0.1) is 6.92 Å². The van der Waals surface area contributed by atoms with Gasteiger partial charge in [0, 0.05) is 44.0 Å². The molecule has 0 saturated heterocycles. The van der Waals surface area contributed by atoms with Gasteiger partial charge in [-0.3, -0.25) is 9.48 Å². The van der Waals surface area contributed by atoms with Crippen molar-refractivity contribution in [1.29, 1.82) is 0 Å². The lowest BCUT2D eigenvalue weighted by molar-refractivity contribution is -0.107. The number of rotatable bonds is 9. The van der Waals surface area contributed by atoms with Crippen LogP contribution < -0.4 is 15.5 Å². The number of amides is 1. The van der Waals surface area contributed by atoms with Crippen molar-refractivity contribution < 1.29 is 9.90 Å². The molecule has 0 radical (unpaired) electrons. The van der Waals surface area contributed by atoms with Gasteiger partial charge in [-0.05, 0) is 43.5 Å². The van der Waals surface area contributed by atoms with Crippen molar-refractivity contribution in [2.24, 2.45) is 5.73 Å². The third-order valence-corrected chi connectivity index (χ3v) is 6.80. The summed E-state index contributed by atoms with van der Waals surface area (Å²) in [6.07, 6.45) is 6.99. The molecule has 7 heteroatoms. The Morgan fingerprint density at radius 2 is 1.91 bits per heavy atom. The first-order valence-corrected chi connectivity index (χ1v) is 12.0. The minimum Gasteiger partial charge on any atom is -0.390 e. The van der Waals surface area contributed by atoms with E-state index in [1.165, 1.54) is 25.7 Å². The topological polar surface area (TPSA) is 87.6 Å². The second-order valence-electron chi connectivity index (χ2n) is 9.34. The minimum atomic E-state index is -0.669. The van der Waals surface area contributed by atoms with Crippen molar-refractivity contribution in [3.63, 3.8) is 0 Å². The first-order chi connectivity index (χ1) is 16.4. The average Bonchev–Trinajstić information content (AvgIpc) is 3.53. The third kappa shape index (κ3) is 5.00. The van der Waals surface area contributed by atoms with Gasteiger partial charge in [-0.2, -0.15) is 5.10 Å². The third-order valence-electron chi connectivity index (χ3n) is 6.80. The predicted octanol–water partition coefficient (Wildman–Crippen LogP) is 3.82. The van der Waals surface area contributed by atoms with Crippen molar-refractivity contribution in [3.05, 3.63) is 54.2 Å². The van der Waals surface area contributed by atoms with Gasteiger partial charge in [0.2, 0.25) is 6.41 Å². The van der Waals surface area contributed by atoms with Gasteiger partial charge < -0.3 is 20.6 Å². The van der Waals surface area contributed by atoms with E-state index >= 15 is 0 Å². The molecule has 7 nitrogen and oxygen atoms in total. The maximum atomic E-state index is 11.8. The first-order valence-electron chi connectivity index (χ1n) is 12.0. The Bertz CT molecular complexity index is 1140. The van der Waals surface area contributed by atoms with Crippen molar-refractivity contribution in [2.45, 2.75) is 51.3 Å². The number of aliphatic hydroxyl groups excluding tert-OH is 1. The highest BCUT2D eigenvalue weighted by molar-refractivity contribution is 5.89. The van der Waals surface area contributed by atoms with E-state index in [0.29, 0.717) is 12.6 Å². The Labute approximate surface area is 201 Å². The summed E-state index contributed by atoms with van der Waals surface area (Å²) in [5, 5.41) is 14.9. The minimum absolute atomic E-state index is 0.172. The Kier molecular flexibility index (Phi) is 7.34. The zero-order chi connectivity index (χ0) is 24.2. The predicted molar refractivity (Wildman–Crippen MR) is 138 cm³/mol. The van der Waals surface area contributed by atoms with Gasteiger partial charge in [-0.1, -0.05) is 42.7 Å². The molecule has 1 atom stereocenters. The fourth-order valence-corrected chi connectivity index (χ4v) is 4.84. The number of hydrogen-bond acceptors (Lipinski definition) is 5. The van der Waals surface area contributed by atoms with Crippen LogP contribution in [0.4, 0.5) is 11.4 Å². The van der Waals surface area contributed by atoms with Crippen molar-refractivity contribution in [3.8, 4) is 22.4 Å². The number of aromatic nitrogens is 2. The summed E-state index contributed by atoms with van der Waals surface area (Å²) in [5.41, 5.74) is 12.5. The zero-order valence-electron chi connectivity index (χ0n) is 20.3. The van der Waals surface area contributed by atoms with Crippen LogP contribution in [0.3, 0.4) is 0 Å². The molecule has 0 spiro atoms. The van der Waals surface area contributed by atoms with Gasteiger partial charge in [0.05, 0.1) is 24.0 Å². The van der Waals surface area contributed by atoms with E-state index in [1.807, 2.05) is 18.3 Å². The van der Waals surface area contributed by atoms with Crippen molar-refractivity contribution in [1.82, 2.24) is 9.78 Å². The Balaban J connectivity index is 1.81. The highest BCUT2D eigenvalue weighted by Gasteiger charge is 2.24. The quantitative estimate of drug-likeness (QED) is 0.473. The van der Waals surface area contributed by atoms with E-state index in [4.69, 9.17) is 10.8 Å². The zero-order valence-corrected chi connectivity index (χ0v) is 20.3. The van der Waals surface area contributed by atoms with Gasteiger partial charge in [-0.25, -0.2) is 0 Å². The van der Waals surface area contributed by atoms with E-state index in [1.54, 1.807) is 16.6 Å². The summed E-state index contributed by atoms with van der Waals surface area (Å²) >= 11 is 0. The number of anilines is 2. The molecule has 3 aromatic rings. The van der Waals surface area contributed by atoms with E-state index in [-0.39, 0.29) is 6.54 Å². The lowest BCUT2D eigenvalue weighted by Gasteiger charge is -2.30. The number of nitrogens with zero attached hydrogens (tertiary/aromatic N) is 4. The molecular weight excluding hydrogens is 426 g/mol. The van der Waals surface area contributed by atoms with E-state index in [0.717, 1.165) is 45.7 Å². The second kappa shape index (κ2) is 10.4. The molecule has 4 rings (SSSR count). The Morgan fingerprint density at radius 1 is 1.15 bits per heavy atom. The van der Waals surface area contributed by atoms with Gasteiger partial charge in [-0.15, -0.1) is 0 Å². The summed E-state index contributed by atoms with van der Waals surface area (Å²) in [6, 6.07) is 15.0. The molecule has 1 heterocycles. The molecule has 1 aliphatic carbocycles. The molecule has 1 aliphatic rings. The van der Waals surface area contributed by atoms with Gasteiger partial charge in [0.1, 0.15) is 5.69 Å². The van der Waals surface area contributed by atoms with Crippen LogP contribution in [0.2, 0.25) is 0 Å². The van der Waals surface area contributed by atoms with Gasteiger partial charge in [0.15, 0.2) is 0 Å². The van der Waals surface area contributed by atoms with E-state index in [2.05, 4.69) is 49.2 Å². The number of aryl methyl sites for hydroxylation is 1. The molecule has 1 aromatic heterocycles. The van der Waals surface area contributed by atoms with Crippen LogP contribution in [-0.4, -0.2) is 54.1 Å². The number of aliphatic hydroxyl groups is 1. The largest absolute Gasteiger partial charge is 0.390 e. The van der Waals surface area contributed by atoms with Crippen LogP contribution in [0.5, 0.6) is 0 Å². The number of carbonyl (C=O) groups excluding carboxylic acids is 1. The molecular formula is C27H35N5O2. The number of nitrogens with two attached hydrogens (primary N) is 1. The maximum absolute atomic E-state index is 11.8. The SMILES string of the molecule is Cc1cccc(-c2nn(CC(O)CN)cc2-c2ccc(N(C)C3CCCC3)c(N(C)C=O)c2)c1. The molecule has 1 fully saturated rings. The maximum Gasteiger partial charge on any atom is 0.213 e. The molecule has 3 N–H and O–H groups in total. The number of carbonyl (C=O) groups is 1. The van der Waals surface area contributed by atoms with Crippen LogP contribution >= 0.6 is 0 Å². The fraction of sp³-hybridized carbons (Fsp3) is 0.407. The smallest absolute Gasteiger partial charge is 0.213 e. The summed E-state index contributed by atoms with van der Waals surface area (Å²) < 4.78 is 1.76. The summed E-state index contributed by atoms with van der Waals surface area (Å²) in [7, 11) is 3.91. The second-order valence-corrected chi connectivity index (χ2v) is 9.34. The highest BCUT2D eigenvalue weighted by Crippen LogP contribution is 2.39. The molecule has 34 heavy (non-hydrogen) atoms. The summed E-state index contributed by atoms with van der Waals surface area (Å²) in [4.78, 5) is 15.7. The van der Waals surface area contributed by atoms with Crippen molar-refractivity contribution >= 4 is 17.8 Å². The van der Waals surface area contributed by atoms with Gasteiger partial charge >= 0.3 is 0 Å². The molecule has 1 amide bonds. The van der Waals surface area contributed by atoms with Crippen LogP contribution in [0.25, 0.3) is 22.4 Å². The monoisotopic (exact) mass is 461 g/mol. The molecule has 1 unspecified atom stereocenters. The molecule has 0 aliphatic heterocycles. The lowest BCUT2D eigenvalue weighted by atomic mass is 9.99. The Hall–Kier alpha value is -3.16. The average molecular weight is 462 g/mol. The standard InChI is InChI=1S/C27H35N5O2/c1-19-7-6-8-21(13-19)27-24(17-32(29-27)16-23(34)15-28)20-11-12-25(26(14-20)30(2)18-33)31(3)22-9-4-5-10-22/h6-8,11-14,17-18,22-23,34H,4-5,9-10,15-16,28H2,1-3H3. The first kappa shape index (κ1) is 24.0. The summed E-state index contributed by atoms with van der Waals surface area (Å²) in [5.74, 6) is 0. The van der Waals surface area contributed by atoms with Crippen molar-refractivity contribution in [2.75, 3.05) is 30.4 Å². The number of benzene rings is 2. The Morgan fingerprint density at radius 3 is 2.59 bits per heavy atom. The van der Waals surface area contributed by atoms with Gasteiger partial charge in [0.25, 0.3) is 0 Å². The molecule has 180 valence electrons. The fourth-order valence-electron chi connectivity index (χ4n) is 4.84. The van der Waals surface area contributed by atoms with Crippen LogP contribution in [-0.2, 0) is 11.3 Å². The van der Waals surface area contributed by atoms with Crippen LogP contribution in [0.1, 0.15) is 31.2 Å². The van der Waals surface area contributed by atoms with E-state index < -0.39 is 6.10 Å². The highest BCUT2D eigenvalue weighted by atomic mass is 16.3. The molecule has 2 aromatic carbocycles.